The van der Waals surface area contributed by atoms with Crippen molar-refractivity contribution in [3.8, 4) is 11.8 Å². The summed E-state index contributed by atoms with van der Waals surface area (Å²) >= 11 is 5.92. The average molecular weight is 671 g/mol. The number of hydrogen-bond donors (Lipinski definition) is 0. The van der Waals surface area contributed by atoms with E-state index in [0.717, 1.165) is 29.2 Å². The monoisotopic (exact) mass is 671 g/mol. The number of aliphatic imine (C=N–C) groups is 1. The van der Waals surface area contributed by atoms with Gasteiger partial charge in [0.15, 0.2) is 5.17 Å². The van der Waals surface area contributed by atoms with Crippen molar-refractivity contribution in [2.45, 2.75) is 46.4 Å². The number of nitrogens with zero attached hydrogens (tertiary/aromatic N) is 3. The van der Waals surface area contributed by atoms with Crippen molar-refractivity contribution in [1.29, 1.82) is 5.26 Å². The van der Waals surface area contributed by atoms with Crippen LogP contribution in [0, 0.1) is 18.5 Å². The molecule has 1 heterocycles. The van der Waals surface area contributed by atoms with Crippen LogP contribution in [0.15, 0.2) is 46.3 Å². The molecule has 3 rings (SSSR count). The highest BCUT2D eigenvalue weighted by Gasteiger charge is 2.35. The van der Waals surface area contributed by atoms with E-state index in [2.05, 4.69) is 56.2 Å². The molecule has 0 atom stereocenters. The zero-order chi connectivity index (χ0) is 23.4. The molecule has 0 radical (unpaired) electrons. The predicted octanol–water partition coefficient (Wildman–Crippen LogP) is 6.44. The number of thioether (sulfide) groups is 1. The summed E-state index contributed by atoms with van der Waals surface area (Å²) in [7, 11) is 0. The Morgan fingerprint density at radius 2 is 1.84 bits per heavy atom. The van der Waals surface area contributed by atoms with Gasteiger partial charge in [-0.15, -0.1) is 0 Å². The van der Waals surface area contributed by atoms with Gasteiger partial charge in [-0.3, -0.25) is 14.7 Å². The molecule has 0 aromatic heterocycles. The zero-order valence-electron chi connectivity index (χ0n) is 18.2. The molecule has 1 amide bonds. The number of rotatable bonds is 6. The van der Waals surface area contributed by atoms with Gasteiger partial charge in [0.05, 0.1) is 23.7 Å². The number of benzene rings is 2. The van der Waals surface area contributed by atoms with Gasteiger partial charge in [0.1, 0.15) is 12.4 Å². The fourth-order valence-corrected chi connectivity index (χ4v) is 6.47. The maximum Gasteiger partial charge on any atom is 0.266 e. The van der Waals surface area contributed by atoms with Crippen LogP contribution in [0.4, 0.5) is 0 Å². The molecule has 8 heteroatoms. The molecule has 32 heavy (non-hydrogen) atoms. The smallest absolute Gasteiger partial charge is 0.266 e. The summed E-state index contributed by atoms with van der Waals surface area (Å²) in [6.45, 7) is 8.34. The van der Waals surface area contributed by atoms with Gasteiger partial charge in [0.2, 0.25) is 0 Å². The largest absolute Gasteiger partial charge is 0.487 e. The summed E-state index contributed by atoms with van der Waals surface area (Å²) in [4.78, 5) is 20.1. The second kappa shape index (κ2) is 11.0. The highest BCUT2D eigenvalue weighted by molar-refractivity contribution is 14.1. The Labute approximate surface area is 220 Å². The number of hydrogen-bond acceptors (Lipinski definition) is 5. The normalized spacial score (nSPS) is 16.5. The highest BCUT2D eigenvalue weighted by atomic mass is 127. The Bertz CT molecular complexity index is 1110. The molecule has 0 saturated carbocycles. The predicted molar refractivity (Wildman–Crippen MR) is 147 cm³/mol. The summed E-state index contributed by atoms with van der Waals surface area (Å²) in [5.74, 6) is 0.764. The molecule has 2 aromatic carbocycles. The van der Waals surface area contributed by atoms with E-state index in [9.17, 15) is 10.1 Å². The quantitative estimate of drug-likeness (QED) is 0.262. The Balaban J connectivity index is 1.85. The van der Waals surface area contributed by atoms with Crippen LogP contribution in [0.1, 0.15) is 44.4 Å². The van der Waals surface area contributed by atoms with Gasteiger partial charge in [-0.25, -0.2) is 0 Å². The Morgan fingerprint density at radius 3 is 2.44 bits per heavy atom. The lowest BCUT2D eigenvalue weighted by molar-refractivity contribution is -0.123. The lowest BCUT2D eigenvalue weighted by Crippen LogP contribution is -2.35. The molecule has 1 aliphatic rings. The van der Waals surface area contributed by atoms with Crippen LogP contribution >= 0.6 is 56.9 Å². The van der Waals surface area contributed by atoms with Crippen molar-refractivity contribution >= 4 is 74.1 Å². The van der Waals surface area contributed by atoms with Crippen LogP contribution in [0.2, 0.25) is 0 Å². The highest BCUT2D eigenvalue weighted by Crippen LogP contribution is 2.36. The number of amidine groups is 1. The summed E-state index contributed by atoms with van der Waals surface area (Å²) in [6, 6.07) is 13.8. The maximum absolute atomic E-state index is 13.0. The van der Waals surface area contributed by atoms with E-state index in [1.165, 1.54) is 11.8 Å². The van der Waals surface area contributed by atoms with E-state index in [-0.39, 0.29) is 18.0 Å². The standard InChI is InChI=1S/C24H23I2N3O2S/c1-14(2)28-24-29(15(3)4)23(30)21(32-24)11-16-9-19(25)22(20(26)10-16)31-13-18-8-6-5-7-17(18)12-27/h5-11,14-15H,13H2,1-4H3/b21-11+,28-24?. The molecule has 1 fully saturated rings. The lowest BCUT2D eigenvalue weighted by Gasteiger charge is -2.20. The minimum absolute atomic E-state index is 0.0112. The first-order valence-corrected chi connectivity index (χ1v) is 13.1. The second-order valence-corrected chi connectivity index (χ2v) is 11.1. The topological polar surface area (TPSA) is 65.7 Å². The van der Waals surface area contributed by atoms with Crippen LogP contribution in [0.25, 0.3) is 6.08 Å². The summed E-state index contributed by atoms with van der Waals surface area (Å²) < 4.78 is 7.96. The SMILES string of the molecule is CC(C)N=C1S/C(=C/c2cc(I)c(OCc3ccccc3C#N)c(I)c2)C(=O)N1C(C)C. The minimum Gasteiger partial charge on any atom is -0.487 e. The molecule has 0 aliphatic carbocycles. The van der Waals surface area contributed by atoms with E-state index in [4.69, 9.17) is 4.74 Å². The van der Waals surface area contributed by atoms with E-state index in [1.54, 1.807) is 11.0 Å². The number of amides is 1. The number of ether oxygens (including phenoxy) is 1. The van der Waals surface area contributed by atoms with E-state index in [1.807, 2.05) is 64.1 Å². The number of halogens is 2. The lowest BCUT2D eigenvalue weighted by atomic mass is 10.1. The molecular weight excluding hydrogens is 648 g/mol. The summed E-state index contributed by atoms with van der Waals surface area (Å²) in [5.41, 5.74) is 2.41. The molecule has 0 bridgehead atoms. The van der Waals surface area contributed by atoms with Crippen molar-refractivity contribution in [3.05, 3.63) is 65.1 Å². The first-order chi connectivity index (χ1) is 15.2. The maximum atomic E-state index is 13.0. The average Bonchev–Trinajstić information content (AvgIpc) is 3.01. The Morgan fingerprint density at radius 1 is 1.19 bits per heavy atom. The molecule has 1 aliphatic heterocycles. The minimum atomic E-state index is -0.0112. The third-order valence-corrected chi connectivity index (χ3v) is 7.15. The molecule has 5 nitrogen and oxygen atoms in total. The number of nitriles is 1. The number of carbonyl (C=O) groups excluding carboxylic acids is 1. The van der Waals surface area contributed by atoms with E-state index in [0.29, 0.717) is 17.1 Å². The van der Waals surface area contributed by atoms with Crippen LogP contribution in [-0.2, 0) is 11.4 Å². The zero-order valence-corrected chi connectivity index (χ0v) is 23.4. The molecule has 0 unspecified atom stereocenters. The van der Waals surface area contributed by atoms with E-state index < -0.39 is 0 Å². The summed E-state index contributed by atoms with van der Waals surface area (Å²) in [6.07, 6.45) is 1.92. The summed E-state index contributed by atoms with van der Waals surface area (Å²) in [5, 5.41) is 10.0. The molecular formula is C24H23I2N3O2S. The first kappa shape index (κ1) is 25.1. The van der Waals surface area contributed by atoms with Crippen LogP contribution in [0.3, 0.4) is 0 Å². The van der Waals surface area contributed by atoms with Crippen molar-refractivity contribution in [1.82, 2.24) is 4.90 Å². The van der Waals surface area contributed by atoms with Crippen LogP contribution in [-0.4, -0.2) is 28.1 Å². The third kappa shape index (κ3) is 5.85. The third-order valence-electron chi connectivity index (χ3n) is 4.55. The van der Waals surface area contributed by atoms with Gasteiger partial charge in [-0.05, 0) is 114 Å². The molecule has 1 saturated heterocycles. The molecule has 2 aromatic rings. The van der Waals surface area contributed by atoms with Crippen molar-refractivity contribution in [2.24, 2.45) is 4.99 Å². The Hall–Kier alpha value is -1.58. The first-order valence-electron chi connectivity index (χ1n) is 10.1. The fraction of sp³-hybridized carbons (Fsp3) is 0.292. The molecule has 0 spiro atoms. The van der Waals surface area contributed by atoms with Gasteiger partial charge in [0, 0.05) is 17.6 Å². The van der Waals surface area contributed by atoms with Gasteiger partial charge in [-0.1, -0.05) is 18.2 Å². The number of carbonyl (C=O) groups is 1. The van der Waals surface area contributed by atoms with Crippen LogP contribution < -0.4 is 4.74 Å². The fourth-order valence-electron chi connectivity index (χ4n) is 3.11. The van der Waals surface area contributed by atoms with Crippen molar-refractivity contribution in [2.75, 3.05) is 0 Å². The second-order valence-electron chi connectivity index (χ2n) is 7.76. The molecule has 166 valence electrons. The van der Waals surface area contributed by atoms with Crippen LogP contribution in [0.5, 0.6) is 5.75 Å². The van der Waals surface area contributed by atoms with Crippen molar-refractivity contribution in [3.63, 3.8) is 0 Å². The van der Waals surface area contributed by atoms with Gasteiger partial charge in [-0.2, -0.15) is 5.26 Å². The van der Waals surface area contributed by atoms with Gasteiger partial charge < -0.3 is 4.74 Å². The van der Waals surface area contributed by atoms with Crippen molar-refractivity contribution < 1.29 is 9.53 Å². The molecule has 0 N–H and O–H groups in total. The van der Waals surface area contributed by atoms with Gasteiger partial charge >= 0.3 is 0 Å². The Kier molecular flexibility index (Phi) is 8.63. The van der Waals surface area contributed by atoms with E-state index >= 15 is 0 Å². The van der Waals surface area contributed by atoms with Gasteiger partial charge in [0.25, 0.3) is 5.91 Å².